The minimum Gasteiger partial charge on any atom is -0.372 e. The average molecular weight is 294 g/mol. The summed E-state index contributed by atoms with van der Waals surface area (Å²) in [6.45, 7) is 9.65. The van der Waals surface area contributed by atoms with Gasteiger partial charge in [-0.25, -0.2) is 4.79 Å². The van der Waals surface area contributed by atoms with Gasteiger partial charge in [-0.2, -0.15) is 5.10 Å². The summed E-state index contributed by atoms with van der Waals surface area (Å²) in [6.07, 6.45) is 4.62. The molecule has 0 saturated carbocycles. The van der Waals surface area contributed by atoms with Gasteiger partial charge in [0.05, 0.1) is 18.8 Å². The Hall–Kier alpha value is -1.56. The number of amides is 2. The van der Waals surface area contributed by atoms with E-state index in [0.29, 0.717) is 32.2 Å². The number of nitrogens with one attached hydrogen (secondary N) is 1. The summed E-state index contributed by atoms with van der Waals surface area (Å²) in [7, 11) is 0. The van der Waals surface area contributed by atoms with E-state index in [1.165, 1.54) is 0 Å². The van der Waals surface area contributed by atoms with Crippen molar-refractivity contribution < 1.29 is 9.53 Å². The van der Waals surface area contributed by atoms with Gasteiger partial charge in [-0.3, -0.25) is 4.68 Å². The van der Waals surface area contributed by atoms with E-state index in [9.17, 15) is 4.79 Å². The lowest BCUT2D eigenvalue weighted by atomic mass is 10.0. The average Bonchev–Trinajstić information content (AvgIpc) is 2.97. The third kappa shape index (κ3) is 4.46. The smallest absolute Gasteiger partial charge is 0.317 e. The van der Waals surface area contributed by atoms with Crippen molar-refractivity contribution in [1.82, 2.24) is 20.0 Å². The molecule has 0 aromatic carbocycles. The molecule has 118 valence electrons. The molecule has 6 heteroatoms. The monoisotopic (exact) mass is 294 g/mol. The number of aromatic nitrogens is 2. The van der Waals surface area contributed by atoms with Gasteiger partial charge in [0.15, 0.2) is 0 Å². The van der Waals surface area contributed by atoms with E-state index >= 15 is 0 Å². The van der Waals surface area contributed by atoms with E-state index in [-0.39, 0.29) is 11.6 Å². The zero-order valence-electron chi connectivity index (χ0n) is 13.2. The highest BCUT2D eigenvalue weighted by Gasteiger charge is 2.32. The van der Waals surface area contributed by atoms with Gasteiger partial charge in [-0.15, -0.1) is 0 Å². The van der Waals surface area contributed by atoms with Crippen molar-refractivity contribution in [3.63, 3.8) is 0 Å². The summed E-state index contributed by atoms with van der Waals surface area (Å²) < 4.78 is 7.65. The molecule has 0 radical (unpaired) electrons. The summed E-state index contributed by atoms with van der Waals surface area (Å²) in [5.74, 6) is 0.340. The second-order valence-corrected chi connectivity index (χ2v) is 6.09. The zero-order chi connectivity index (χ0) is 15.3. The van der Waals surface area contributed by atoms with Gasteiger partial charge in [0.2, 0.25) is 0 Å². The van der Waals surface area contributed by atoms with Crippen LogP contribution in [-0.2, 0) is 11.3 Å². The van der Waals surface area contributed by atoms with Crippen LogP contribution >= 0.6 is 0 Å². The Balaban J connectivity index is 1.76. The molecule has 1 aliphatic rings. The molecule has 0 aliphatic carbocycles. The van der Waals surface area contributed by atoms with Crippen molar-refractivity contribution in [1.29, 1.82) is 0 Å². The molecular formula is C15H26N4O2. The van der Waals surface area contributed by atoms with Crippen molar-refractivity contribution in [2.45, 2.75) is 39.3 Å². The molecule has 1 N–H and O–H groups in total. The number of morpholine rings is 1. The SMILES string of the molecule is CC[C@]1(C)CN(C(=O)NC[C@@H](C)Cn2cccn2)CCO1. The first-order chi connectivity index (χ1) is 10.0. The molecule has 1 aromatic rings. The standard InChI is InChI=1S/C15H26N4O2/c1-4-15(3)12-18(8-9-21-15)14(20)16-10-13(2)11-19-7-5-6-17-19/h5-7,13H,4,8-12H2,1-3H3,(H,16,20)/t13-,15-/m1/s1. The van der Waals surface area contributed by atoms with Crippen LogP contribution in [-0.4, -0.2) is 52.6 Å². The summed E-state index contributed by atoms with van der Waals surface area (Å²) >= 11 is 0. The first kappa shape index (κ1) is 15.8. The molecule has 6 nitrogen and oxygen atoms in total. The van der Waals surface area contributed by atoms with Gasteiger partial charge in [-0.1, -0.05) is 13.8 Å². The normalized spacial score (nSPS) is 23.9. The first-order valence-corrected chi connectivity index (χ1v) is 7.66. The summed E-state index contributed by atoms with van der Waals surface area (Å²) in [6, 6.07) is 1.91. The number of ether oxygens (including phenoxy) is 1. The van der Waals surface area contributed by atoms with Gasteiger partial charge in [0.25, 0.3) is 0 Å². The molecular weight excluding hydrogens is 268 g/mol. The number of urea groups is 1. The molecule has 1 fully saturated rings. The minimum absolute atomic E-state index is 0.00490. The molecule has 2 heterocycles. The largest absolute Gasteiger partial charge is 0.372 e. The fourth-order valence-electron chi connectivity index (χ4n) is 2.48. The van der Waals surface area contributed by atoms with Crippen LogP contribution in [0.2, 0.25) is 0 Å². The molecule has 0 spiro atoms. The fourth-order valence-corrected chi connectivity index (χ4v) is 2.48. The van der Waals surface area contributed by atoms with Crippen LogP contribution in [0.25, 0.3) is 0 Å². The summed E-state index contributed by atoms with van der Waals surface area (Å²) in [4.78, 5) is 14.1. The fraction of sp³-hybridized carbons (Fsp3) is 0.733. The van der Waals surface area contributed by atoms with E-state index in [4.69, 9.17) is 4.74 Å². The number of rotatable bonds is 5. The Kier molecular flexibility index (Phi) is 5.22. The first-order valence-electron chi connectivity index (χ1n) is 7.66. The van der Waals surface area contributed by atoms with Crippen molar-refractivity contribution in [2.75, 3.05) is 26.2 Å². The topological polar surface area (TPSA) is 59.4 Å². The third-order valence-electron chi connectivity index (χ3n) is 4.03. The lowest BCUT2D eigenvalue weighted by Crippen LogP contribution is -2.54. The molecule has 2 rings (SSSR count). The number of hydrogen-bond acceptors (Lipinski definition) is 3. The molecule has 2 atom stereocenters. The zero-order valence-corrected chi connectivity index (χ0v) is 13.2. The molecule has 0 unspecified atom stereocenters. The van der Waals surface area contributed by atoms with Crippen molar-refractivity contribution in [2.24, 2.45) is 5.92 Å². The van der Waals surface area contributed by atoms with Gasteiger partial charge < -0.3 is 15.0 Å². The summed E-state index contributed by atoms with van der Waals surface area (Å²) in [5, 5.41) is 7.20. The molecule has 1 saturated heterocycles. The maximum Gasteiger partial charge on any atom is 0.317 e. The van der Waals surface area contributed by atoms with Crippen LogP contribution < -0.4 is 5.32 Å². The quantitative estimate of drug-likeness (QED) is 0.899. The van der Waals surface area contributed by atoms with Crippen molar-refractivity contribution >= 4 is 6.03 Å². The van der Waals surface area contributed by atoms with E-state index < -0.39 is 0 Å². The van der Waals surface area contributed by atoms with E-state index in [1.807, 2.05) is 21.8 Å². The molecule has 21 heavy (non-hydrogen) atoms. The van der Waals surface area contributed by atoms with Gasteiger partial charge >= 0.3 is 6.03 Å². The Morgan fingerprint density at radius 1 is 1.57 bits per heavy atom. The molecule has 0 bridgehead atoms. The Labute approximate surface area is 126 Å². The number of hydrogen-bond donors (Lipinski definition) is 1. The molecule has 1 aromatic heterocycles. The van der Waals surface area contributed by atoms with E-state index in [0.717, 1.165) is 13.0 Å². The lowest BCUT2D eigenvalue weighted by molar-refractivity contribution is -0.0873. The van der Waals surface area contributed by atoms with Gasteiger partial charge in [0.1, 0.15) is 0 Å². The number of carbonyl (C=O) groups excluding carboxylic acids is 1. The minimum atomic E-state index is -0.212. The second kappa shape index (κ2) is 6.93. The Morgan fingerprint density at radius 3 is 3.05 bits per heavy atom. The number of nitrogens with zero attached hydrogens (tertiary/aromatic N) is 3. The molecule has 1 aliphatic heterocycles. The third-order valence-corrected chi connectivity index (χ3v) is 4.03. The maximum absolute atomic E-state index is 12.2. The predicted octanol–water partition coefficient (Wildman–Crippen LogP) is 1.73. The van der Waals surface area contributed by atoms with Gasteiger partial charge in [-0.05, 0) is 25.3 Å². The van der Waals surface area contributed by atoms with Crippen LogP contribution in [0.3, 0.4) is 0 Å². The maximum atomic E-state index is 12.2. The van der Waals surface area contributed by atoms with Gasteiger partial charge in [0, 0.05) is 32.0 Å². The second-order valence-electron chi connectivity index (χ2n) is 6.09. The predicted molar refractivity (Wildman–Crippen MR) is 81.0 cm³/mol. The van der Waals surface area contributed by atoms with E-state index in [2.05, 4.69) is 31.2 Å². The summed E-state index contributed by atoms with van der Waals surface area (Å²) in [5.41, 5.74) is -0.212. The highest BCUT2D eigenvalue weighted by Crippen LogP contribution is 2.20. The van der Waals surface area contributed by atoms with Crippen LogP contribution in [0.15, 0.2) is 18.5 Å². The van der Waals surface area contributed by atoms with Crippen molar-refractivity contribution in [3.8, 4) is 0 Å². The lowest BCUT2D eigenvalue weighted by Gasteiger charge is -2.40. The van der Waals surface area contributed by atoms with Crippen molar-refractivity contribution in [3.05, 3.63) is 18.5 Å². The van der Waals surface area contributed by atoms with Crippen LogP contribution in [0.5, 0.6) is 0 Å². The number of carbonyl (C=O) groups is 1. The van der Waals surface area contributed by atoms with Crippen LogP contribution in [0.4, 0.5) is 4.79 Å². The highest BCUT2D eigenvalue weighted by molar-refractivity contribution is 5.74. The Bertz CT molecular complexity index is 449. The van der Waals surface area contributed by atoms with Crippen LogP contribution in [0, 0.1) is 5.92 Å². The molecule has 2 amide bonds. The highest BCUT2D eigenvalue weighted by atomic mass is 16.5. The van der Waals surface area contributed by atoms with E-state index in [1.54, 1.807) is 6.20 Å². The Morgan fingerprint density at radius 2 is 2.38 bits per heavy atom. The van der Waals surface area contributed by atoms with Crippen LogP contribution in [0.1, 0.15) is 27.2 Å².